The molecule has 2 saturated heterocycles. The second-order valence-corrected chi connectivity index (χ2v) is 7.37. The summed E-state index contributed by atoms with van der Waals surface area (Å²) in [6.45, 7) is 4.33. The highest BCUT2D eigenvalue weighted by molar-refractivity contribution is 6.24. The minimum absolute atomic E-state index is 0.123. The Morgan fingerprint density at radius 1 is 1.04 bits per heavy atom. The zero-order chi connectivity index (χ0) is 19.1. The van der Waals surface area contributed by atoms with E-state index in [-0.39, 0.29) is 18.7 Å². The summed E-state index contributed by atoms with van der Waals surface area (Å²) in [5.74, 6) is -1.84. The lowest BCUT2D eigenvalue weighted by molar-refractivity contribution is -0.136. The third-order valence-corrected chi connectivity index (χ3v) is 5.54. The molecule has 3 aliphatic rings. The number of carbonyl (C=O) groups excluding carboxylic acids is 4. The first-order valence-corrected chi connectivity index (χ1v) is 9.20. The molecule has 4 amide bonds. The maximum atomic E-state index is 13.1. The van der Waals surface area contributed by atoms with E-state index in [4.69, 9.17) is 0 Å². The second kappa shape index (κ2) is 6.86. The van der Waals surface area contributed by atoms with Crippen LogP contribution in [-0.4, -0.2) is 77.6 Å². The number of piperazine rings is 1. The van der Waals surface area contributed by atoms with Crippen LogP contribution in [0.25, 0.3) is 0 Å². The maximum Gasteiger partial charge on any atom is 0.262 e. The fourth-order valence-corrected chi connectivity index (χ4v) is 3.96. The van der Waals surface area contributed by atoms with Gasteiger partial charge in [0, 0.05) is 39.1 Å². The smallest absolute Gasteiger partial charge is 0.262 e. The molecule has 8 heteroatoms. The number of likely N-dealkylation sites (N-methyl/N-ethyl adjacent to an activating group) is 1. The van der Waals surface area contributed by atoms with E-state index in [1.54, 1.807) is 12.1 Å². The monoisotopic (exact) mass is 370 g/mol. The Morgan fingerprint density at radius 3 is 2.48 bits per heavy atom. The quantitative estimate of drug-likeness (QED) is 0.744. The lowest BCUT2D eigenvalue weighted by Crippen LogP contribution is -2.54. The maximum absolute atomic E-state index is 13.1. The number of rotatable bonds is 3. The van der Waals surface area contributed by atoms with Crippen LogP contribution in [0.3, 0.4) is 0 Å². The Hall–Kier alpha value is -2.58. The van der Waals surface area contributed by atoms with E-state index < -0.39 is 23.8 Å². The van der Waals surface area contributed by atoms with E-state index in [1.807, 2.05) is 6.07 Å². The summed E-state index contributed by atoms with van der Waals surface area (Å²) in [7, 11) is 2.08. The van der Waals surface area contributed by atoms with Gasteiger partial charge in [0.2, 0.25) is 11.8 Å². The number of nitrogens with zero attached hydrogens (tertiary/aromatic N) is 3. The van der Waals surface area contributed by atoms with Crippen LogP contribution in [0.4, 0.5) is 0 Å². The Bertz CT molecular complexity index is 829. The molecule has 0 bridgehead atoms. The van der Waals surface area contributed by atoms with Crippen LogP contribution in [0.1, 0.15) is 39.1 Å². The van der Waals surface area contributed by atoms with E-state index in [0.717, 1.165) is 36.6 Å². The standard InChI is InChI=1S/C19H22N4O4/c1-21-7-9-22(10-8-21)11-12-3-2-4-13-16(12)19(27)23(18(13)26)14-5-6-15(24)20-17(14)25/h2-4,14H,5-11H2,1H3,(H,20,24,25). The number of nitrogens with one attached hydrogen (secondary N) is 1. The molecule has 1 N–H and O–H groups in total. The SMILES string of the molecule is CN1CCN(Cc2cccc3c2C(=O)N(C2CCC(=O)NC2=O)C3=O)CC1. The van der Waals surface area contributed by atoms with Crippen molar-refractivity contribution in [3.63, 3.8) is 0 Å². The lowest BCUT2D eigenvalue weighted by atomic mass is 10.0. The van der Waals surface area contributed by atoms with Crippen molar-refractivity contribution in [3.8, 4) is 0 Å². The third kappa shape index (κ3) is 3.15. The van der Waals surface area contributed by atoms with E-state index in [0.29, 0.717) is 17.7 Å². The van der Waals surface area contributed by atoms with Gasteiger partial charge in [0.1, 0.15) is 6.04 Å². The van der Waals surface area contributed by atoms with Crippen LogP contribution >= 0.6 is 0 Å². The Morgan fingerprint density at radius 2 is 1.78 bits per heavy atom. The molecule has 3 aliphatic heterocycles. The second-order valence-electron chi connectivity index (χ2n) is 7.37. The average molecular weight is 370 g/mol. The zero-order valence-corrected chi connectivity index (χ0v) is 15.2. The van der Waals surface area contributed by atoms with Crippen molar-refractivity contribution < 1.29 is 19.2 Å². The van der Waals surface area contributed by atoms with Crippen molar-refractivity contribution in [1.82, 2.24) is 20.0 Å². The van der Waals surface area contributed by atoms with Gasteiger partial charge in [-0.15, -0.1) is 0 Å². The molecule has 1 atom stereocenters. The predicted molar refractivity (Wildman–Crippen MR) is 95.9 cm³/mol. The third-order valence-electron chi connectivity index (χ3n) is 5.54. The number of amides is 4. The molecule has 4 rings (SSSR count). The van der Waals surface area contributed by atoms with Crippen molar-refractivity contribution in [2.24, 2.45) is 0 Å². The Kier molecular flexibility index (Phi) is 4.53. The average Bonchev–Trinajstić information content (AvgIpc) is 2.89. The van der Waals surface area contributed by atoms with Gasteiger partial charge in [-0.2, -0.15) is 0 Å². The fourth-order valence-electron chi connectivity index (χ4n) is 3.96. The molecule has 1 aromatic carbocycles. The van der Waals surface area contributed by atoms with Gasteiger partial charge in [-0.3, -0.25) is 34.3 Å². The summed E-state index contributed by atoms with van der Waals surface area (Å²) in [5, 5.41) is 2.22. The highest BCUT2D eigenvalue weighted by Gasteiger charge is 2.45. The molecule has 0 radical (unpaired) electrons. The molecular weight excluding hydrogens is 348 g/mol. The molecule has 1 unspecified atom stereocenters. The van der Waals surface area contributed by atoms with Crippen LogP contribution in [0.2, 0.25) is 0 Å². The normalized spacial score (nSPS) is 24.3. The number of piperidine rings is 1. The molecule has 0 aliphatic carbocycles. The van der Waals surface area contributed by atoms with Crippen molar-refractivity contribution >= 4 is 23.6 Å². The number of imide groups is 2. The van der Waals surface area contributed by atoms with E-state index in [1.165, 1.54) is 0 Å². The van der Waals surface area contributed by atoms with Crippen LogP contribution in [0.5, 0.6) is 0 Å². The van der Waals surface area contributed by atoms with Gasteiger partial charge < -0.3 is 4.90 Å². The van der Waals surface area contributed by atoms with Gasteiger partial charge in [0.25, 0.3) is 11.8 Å². The fraction of sp³-hybridized carbons (Fsp3) is 0.474. The first kappa shape index (κ1) is 17.8. The number of hydrogen-bond acceptors (Lipinski definition) is 6. The molecule has 27 heavy (non-hydrogen) atoms. The molecule has 0 spiro atoms. The van der Waals surface area contributed by atoms with Gasteiger partial charge in [-0.05, 0) is 25.1 Å². The number of carbonyl (C=O) groups is 4. The number of benzene rings is 1. The van der Waals surface area contributed by atoms with Gasteiger partial charge in [-0.1, -0.05) is 12.1 Å². The van der Waals surface area contributed by atoms with Crippen LogP contribution in [0, 0.1) is 0 Å². The van der Waals surface area contributed by atoms with Crippen LogP contribution < -0.4 is 5.32 Å². The number of hydrogen-bond donors (Lipinski definition) is 1. The topological polar surface area (TPSA) is 90.0 Å². The molecule has 0 aromatic heterocycles. The van der Waals surface area contributed by atoms with E-state index in [2.05, 4.69) is 22.2 Å². The molecule has 0 saturated carbocycles. The van der Waals surface area contributed by atoms with E-state index >= 15 is 0 Å². The minimum atomic E-state index is -0.924. The summed E-state index contributed by atoms with van der Waals surface area (Å²) in [6.07, 6.45) is 0.294. The van der Waals surface area contributed by atoms with Gasteiger partial charge >= 0.3 is 0 Å². The van der Waals surface area contributed by atoms with Crippen molar-refractivity contribution in [1.29, 1.82) is 0 Å². The largest absolute Gasteiger partial charge is 0.304 e. The summed E-state index contributed by atoms with van der Waals surface area (Å²) in [5.41, 5.74) is 1.55. The first-order chi connectivity index (χ1) is 13.0. The lowest BCUT2D eigenvalue weighted by Gasteiger charge is -2.32. The van der Waals surface area contributed by atoms with Gasteiger partial charge in [-0.25, -0.2) is 0 Å². The predicted octanol–water partition coefficient (Wildman–Crippen LogP) is -0.165. The molecule has 3 heterocycles. The summed E-state index contributed by atoms with van der Waals surface area (Å²) >= 11 is 0. The van der Waals surface area contributed by atoms with Crippen LogP contribution in [0.15, 0.2) is 18.2 Å². The van der Waals surface area contributed by atoms with Gasteiger partial charge in [0.15, 0.2) is 0 Å². The summed E-state index contributed by atoms with van der Waals surface area (Å²) in [4.78, 5) is 55.0. The van der Waals surface area contributed by atoms with Crippen molar-refractivity contribution in [2.45, 2.75) is 25.4 Å². The minimum Gasteiger partial charge on any atom is -0.304 e. The molecular formula is C19H22N4O4. The molecule has 2 fully saturated rings. The summed E-state index contributed by atoms with van der Waals surface area (Å²) < 4.78 is 0. The Labute approximate surface area is 157 Å². The molecule has 142 valence electrons. The van der Waals surface area contributed by atoms with Crippen molar-refractivity contribution in [2.75, 3.05) is 33.2 Å². The molecule has 8 nitrogen and oxygen atoms in total. The zero-order valence-electron chi connectivity index (χ0n) is 15.2. The Balaban J connectivity index is 1.60. The highest BCUT2D eigenvalue weighted by Crippen LogP contribution is 2.30. The first-order valence-electron chi connectivity index (χ1n) is 9.20. The summed E-state index contributed by atoms with van der Waals surface area (Å²) in [6, 6.07) is 4.36. The number of fused-ring (bicyclic) bond motifs is 1. The van der Waals surface area contributed by atoms with Gasteiger partial charge in [0.05, 0.1) is 11.1 Å². The van der Waals surface area contributed by atoms with E-state index in [9.17, 15) is 19.2 Å². The van der Waals surface area contributed by atoms with Crippen molar-refractivity contribution in [3.05, 3.63) is 34.9 Å². The molecule has 1 aromatic rings. The van der Waals surface area contributed by atoms with Crippen LogP contribution in [-0.2, 0) is 16.1 Å². The highest BCUT2D eigenvalue weighted by atomic mass is 16.2.